The van der Waals surface area contributed by atoms with Gasteiger partial charge in [-0.25, -0.2) is 0 Å². The number of nitrogens with zero attached hydrogens (tertiary/aromatic N) is 2. The third kappa shape index (κ3) is 1.55. The highest BCUT2D eigenvalue weighted by atomic mass is 16.1. The molecule has 3 nitrogen and oxygen atoms in total. The van der Waals surface area contributed by atoms with Crippen LogP contribution in [0.3, 0.4) is 0 Å². The van der Waals surface area contributed by atoms with Crippen LogP contribution in [0, 0.1) is 6.92 Å². The van der Waals surface area contributed by atoms with Gasteiger partial charge < -0.3 is 0 Å². The molecular formula is C9H14N2O. The molecular weight excluding hydrogens is 152 g/mol. The summed E-state index contributed by atoms with van der Waals surface area (Å²) in [4.78, 5) is 11.3. The molecule has 0 N–H and O–H groups in total. The largest absolute Gasteiger partial charge is 0.294 e. The molecule has 0 bridgehead atoms. The Morgan fingerprint density at radius 2 is 2.25 bits per heavy atom. The van der Waals surface area contributed by atoms with Crippen LogP contribution < -0.4 is 0 Å². The first-order valence-electron chi connectivity index (χ1n) is 4.26. The highest BCUT2D eigenvalue weighted by Gasteiger charge is 2.09. The molecule has 1 aromatic heterocycles. The highest BCUT2D eigenvalue weighted by Crippen LogP contribution is 2.08. The number of rotatable bonds is 3. The second-order valence-electron chi connectivity index (χ2n) is 2.76. The maximum atomic E-state index is 11.3. The van der Waals surface area contributed by atoms with Gasteiger partial charge in [0.1, 0.15) is 0 Å². The monoisotopic (exact) mass is 166 g/mol. The van der Waals surface area contributed by atoms with Gasteiger partial charge in [0.25, 0.3) is 0 Å². The summed E-state index contributed by atoms with van der Waals surface area (Å²) in [5.74, 6) is 0.173. The van der Waals surface area contributed by atoms with Crippen molar-refractivity contribution in [3.8, 4) is 0 Å². The second-order valence-corrected chi connectivity index (χ2v) is 2.76. The maximum absolute atomic E-state index is 11.3. The summed E-state index contributed by atoms with van der Waals surface area (Å²) in [5.41, 5.74) is 1.60. The van der Waals surface area contributed by atoms with Crippen LogP contribution in [0.25, 0.3) is 0 Å². The summed E-state index contributed by atoms with van der Waals surface area (Å²) in [6, 6.07) is 0. The first kappa shape index (κ1) is 8.97. The highest BCUT2D eigenvalue weighted by molar-refractivity contribution is 5.96. The molecule has 0 atom stereocenters. The smallest absolute Gasteiger partial charge is 0.166 e. The fourth-order valence-electron chi connectivity index (χ4n) is 1.14. The minimum atomic E-state index is 0.173. The van der Waals surface area contributed by atoms with E-state index in [0.717, 1.165) is 17.8 Å². The summed E-state index contributed by atoms with van der Waals surface area (Å²) >= 11 is 0. The number of aryl methyl sites for hydroxylation is 2. The summed E-state index contributed by atoms with van der Waals surface area (Å²) in [6.07, 6.45) is 2.37. The third-order valence-electron chi connectivity index (χ3n) is 1.89. The van der Waals surface area contributed by atoms with Crippen LogP contribution in [-0.4, -0.2) is 15.6 Å². The van der Waals surface area contributed by atoms with Crippen molar-refractivity contribution in [2.45, 2.75) is 33.7 Å². The van der Waals surface area contributed by atoms with Gasteiger partial charge in [0.2, 0.25) is 0 Å². The summed E-state index contributed by atoms with van der Waals surface area (Å²) in [7, 11) is 0. The van der Waals surface area contributed by atoms with E-state index >= 15 is 0 Å². The molecule has 12 heavy (non-hydrogen) atoms. The van der Waals surface area contributed by atoms with Gasteiger partial charge in [-0.3, -0.25) is 9.48 Å². The van der Waals surface area contributed by atoms with Crippen LogP contribution in [0.5, 0.6) is 0 Å². The van der Waals surface area contributed by atoms with Gasteiger partial charge in [-0.1, -0.05) is 6.92 Å². The molecule has 0 amide bonds. The molecule has 0 aromatic carbocycles. The Bertz CT molecular complexity index is 289. The summed E-state index contributed by atoms with van der Waals surface area (Å²) in [5, 5.41) is 4.19. The predicted octanol–water partition coefficient (Wildman–Crippen LogP) is 1.80. The molecule has 0 aliphatic carbocycles. The molecule has 0 saturated heterocycles. The molecule has 1 heterocycles. The topological polar surface area (TPSA) is 34.9 Å². The first-order chi connectivity index (χ1) is 5.69. The Morgan fingerprint density at radius 1 is 1.58 bits per heavy atom. The maximum Gasteiger partial charge on any atom is 0.166 e. The number of Topliss-reactive ketones (excluding diaryl/α,β-unsaturated/α-hetero) is 1. The minimum absolute atomic E-state index is 0.173. The number of hydrogen-bond donors (Lipinski definition) is 0. The van der Waals surface area contributed by atoms with E-state index in [0.29, 0.717) is 6.42 Å². The molecule has 0 aliphatic rings. The van der Waals surface area contributed by atoms with Crippen molar-refractivity contribution in [2.75, 3.05) is 0 Å². The van der Waals surface area contributed by atoms with Crippen LogP contribution in [0.15, 0.2) is 6.20 Å². The van der Waals surface area contributed by atoms with Crippen LogP contribution >= 0.6 is 0 Å². The van der Waals surface area contributed by atoms with Crippen molar-refractivity contribution in [3.05, 3.63) is 17.5 Å². The Kier molecular flexibility index (Phi) is 2.63. The number of ketones is 1. The molecule has 1 aromatic rings. The van der Waals surface area contributed by atoms with Crippen LogP contribution in [-0.2, 0) is 6.54 Å². The average Bonchev–Trinajstić information content (AvgIpc) is 2.45. The lowest BCUT2D eigenvalue weighted by atomic mass is 10.1. The number of aromatic nitrogens is 2. The Balaban J connectivity index is 2.99. The normalized spacial score (nSPS) is 10.2. The Hall–Kier alpha value is -1.12. The van der Waals surface area contributed by atoms with E-state index < -0.39 is 0 Å². The lowest BCUT2D eigenvalue weighted by Gasteiger charge is -1.91. The second kappa shape index (κ2) is 3.52. The van der Waals surface area contributed by atoms with E-state index in [1.54, 1.807) is 4.68 Å². The standard InChI is InChI=1S/C9H14N2O/c1-4-9(12)8-6-11(5-2)10-7(8)3/h6H,4-5H2,1-3H3. The SMILES string of the molecule is CCC(=O)c1cn(CC)nc1C. The summed E-state index contributed by atoms with van der Waals surface area (Å²) < 4.78 is 1.79. The molecule has 0 spiro atoms. The minimum Gasteiger partial charge on any atom is -0.294 e. The van der Waals surface area contributed by atoms with Gasteiger partial charge >= 0.3 is 0 Å². The lowest BCUT2D eigenvalue weighted by molar-refractivity contribution is 0.0987. The van der Waals surface area contributed by atoms with Crippen LogP contribution in [0.2, 0.25) is 0 Å². The van der Waals surface area contributed by atoms with E-state index in [2.05, 4.69) is 5.10 Å². The molecule has 0 aliphatic heterocycles. The third-order valence-corrected chi connectivity index (χ3v) is 1.89. The number of carbonyl (C=O) groups is 1. The molecule has 66 valence electrons. The number of carbonyl (C=O) groups excluding carboxylic acids is 1. The van der Waals surface area contributed by atoms with Gasteiger partial charge in [0.05, 0.1) is 11.3 Å². The zero-order chi connectivity index (χ0) is 9.14. The molecule has 0 radical (unpaired) electrons. The van der Waals surface area contributed by atoms with Crippen molar-refractivity contribution < 1.29 is 4.79 Å². The van der Waals surface area contributed by atoms with Crippen molar-refractivity contribution in [1.82, 2.24) is 9.78 Å². The molecule has 0 saturated carbocycles. The van der Waals surface area contributed by atoms with Gasteiger partial charge in [-0.15, -0.1) is 0 Å². The van der Waals surface area contributed by atoms with Crippen LogP contribution in [0.1, 0.15) is 36.3 Å². The lowest BCUT2D eigenvalue weighted by Crippen LogP contribution is -1.96. The zero-order valence-corrected chi connectivity index (χ0v) is 7.79. The van der Waals surface area contributed by atoms with E-state index in [4.69, 9.17) is 0 Å². The average molecular weight is 166 g/mol. The van der Waals surface area contributed by atoms with Crippen molar-refractivity contribution in [2.24, 2.45) is 0 Å². The van der Waals surface area contributed by atoms with Gasteiger partial charge in [-0.05, 0) is 13.8 Å². The Labute approximate surface area is 72.4 Å². The van der Waals surface area contributed by atoms with E-state index in [1.165, 1.54) is 0 Å². The van der Waals surface area contributed by atoms with Gasteiger partial charge in [0.15, 0.2) is 5.78 Å². The van der Waals surface area contributed by atoms with Crippen molar-refractivity contribution in [3.63, 3.8) is 0 Å². The number of hydrogen-bond acceptors (Lipinski definition) is 2. The van der Waals surface area contributed by atoms with Crippen molar-refractivity contribution in [1.29, 1.82) is 0 Å². The first-order valence-corrected chi connectivity index (χ1v) is 4.26. The fourth-order valence-corrected chi connectivity index (χ4v) is 1.14. The predicted molar refractivity (Wildman–Crippen MR) is 47.3 cm³/mol. The van der Waals surface area contributed by atoms with Crippen LogP contribution in [0.4, 0.5) is 0 Å². The van der Waals surface area contributed by atoms with E-state index in [1.807, 2.05) is 27.0 Å². The van der Waals surface area contributed by atoms with Gasteiger partial charge in [-0.2, -0.15) is 5.10 Å². The fraction of sp³-hybridized carbons (Fsp3) is 0.556. The van der Waals surface area contributed by atoms with Gasteiger partial charge in [0, 0.05) is 19.2 Å². The molecule has 3 heteroatoms. The molecule has 1 rings (SSSR count). The molecule has 0 fully saturated rings. The summed E-state index contributed by atoms with van der Waals surface area (Å²) in [6.45, 7) is 6.56. The Morgan fingerprint density at radius 3 is 2.67 bits per heavy atom. The quantitative estimate of drug-likeness (QED) is 0.642. The molecule has 0 unspecified atom stereocenters. The van der Waals surface area contributed by atoms with E-state index in [-0.39, 0.29) is 5.78 Å². The van der Waals surface area contributed by atoms with Crippen molar-refractivity contribution >= 4 is 5.78 Å². The zero-order valence-electron chi connectivity index (χ0n) is 7.79. The van der Waals surface area contributed by atoms with E-state index in [9.17, 15) is 4.79 Å².